The molecule has 1 heterocycles. The second-order valence-electron chi connectivity index (χ2n) is 7.95. The maximum Gasteiger partial charge on any atom is 0.257 e. The molecule has 3 rings (SSSR count). The lowest BCUT2D eigenvalue weighted by molar-refractivity contribution is -0.132. The number of amides is 2. The van der Waals surface area contributed by atoms with Gasteiger partial charge < -0.3 is 15.1 Å². The van der Waals surface area contributed by atoms with Crippen molar-refractivity contribution in [3.05, 3.63) is 58.6 Å². The summed E-state index contributed by atoms with van der Waals surface area (Å²) in [6.45, 7) is 9.20. The molecule has 1 saturated heterocycles. The molecule has 29 heavy (non-hydrogen) atoms. The molecule has 0 unspecified atom stereocenters. The number of carbonyl (C=O) groups excluding carboxylic acids is 2. The van der Waals surface area contributed by atoms with E-state index in [-0.39, 0.29) is 11.8 Å². The van der Waals surface area contributed by atoms with E-state index in [2.05, 4.69) is 24.1 Å². The van der Waals surface area contributed by atoms with E-state index in [9.17, 15) is 9.59 Å². The molecule has 1 fully saturated rings. The Bertz CT molecular complexity index is 872. The summed E-state index contributed by atoms with van der Waals surface area (Å²) in [6.07, 6.45) is 0.611. The second-order valence-corrected chi connectivity index (χ2v) is 8.36. The molecule has 0 spiro atoms. The summed E-state index contributed by atoms with van der Waals surface area (Å²) in [5.41, 5.74) is 3.29. The van der Waals surface area contributed by atoms with E-state index in [0.29, 0.717) is 22.9 Å². The molecule has 1 N–H and O–H groups in total. The largest absolute Gasteiger partial charge is 0.368 e. The zero-order valence-electron chi connectivity index (χ0n) is 17.2. The van der Waals surface area contributed by atoms with Gasteiger partial charge in [-0.2, -0.15) is 0 Å². The molecule has 5 nitrogen and oxygen atoms in total. The molecule has 154 valence electrons. The third-order valence-electron chi connectivity index (χ3n) is 5.07. The van der Waals surface area contributed by atoms with Crippen molar-refractivity contribution >= 4 is 34.8 Å². The normalized spacial score (nSPS) is 14.2. The van der Waals surface area contributed by atoms with Crippen molar-refractivity contribution < 1.29 is 9.59 Å². The van der Waals surface area contributed by atoms with Gasteiger partial charge in [0.05, 0.1) is 10.6 Å². The number of halogens is 1. The van der Waals surface area contributed by atoms with Crippen LogP contribution in [0.1, 0.15) is 36.2 Å². The van der Waals surface area contributed by atoms with Crippen molar-refractivity contribution in [3.63, 3.8) is 0 Å². The van der Waals surface area contributed by atoms with Gasteiger partial charge in [-0.25, -0.2) is 0 Å². The van der Waals surface area contributed by atoms with Crippen LogP contribution in [-0.2, 0) is 4.79 Å². The Balaban J connectivity index is 1.57. The van der Waals surface area contributed by atoms with Crippen LogP contribution in [-0.4, -0.2) is 42.9 Å². The summed E-state index contributed by atoms with van der Waals surface area (Å²) < 4.78 is 0. The average Bonchev–Trinajstić information content (AvgIpc) is 2.68. The number of benzene rings is 2. The van der Waals surface area contributed by atoms with Gasteiger partial charge in [0.25, 0.3) is 5.91 Å². The van der Waals surface area contributed by atoms with Crippen molar-refractivity contribution in [2.45, 2.75) is 27.2 Å². The molecule has 0 atom stereocenters. The molecule has 2 aromatic rings. The first-order chi connectivity index (χ1) is 13.8. The number of anilines is 2. The van der Waals surface area contributed by atoms with Crippen LogP contribution in [0.25, 0.3) is 0 Å². The highest BCUT2D eigenvalue weighted by atomic mass is 35.5. The maximum absolute atomic E-state index is 12.5. The number of nitrogens with zero attached hydrogens (tertiary/aromatic N) is 2. The lowest BCUT2D eigenvalue weighted by Gasteiger charge is -2.36. The fourth-order valence-corrected chi connectivity index (χ4v) is 3.77. The maximum atomic E-state index is 12.5. The summed E-state index contributed by atoms with van der Waals surface area (Å²) in [6, 6.07) is 13.2. The molecular weight excluding hydrogens is 386 g/mol. The first-order valence-electron chi connectivity index (χ1n) is 10.0. The number of piperazine rings is 1. The topological polar surface area (TPSA) is 52.7 Å². The first kappa shape index (κ1) is 21.2. The smallest absolute Gasteiger partial charge is 0.257 e. The van der Waals surface area contributed by atoms with E-state index in [4.69, 9.17) is 11.6 Å². The minimum Gasteiger partial charge on any atom is -0.368 e. The molecule has 1 aliphatic rings. The molecule has 0 bridgehead atoms. The molecular formula is C23H28ClN3O2. The Labute approximate surface area is 177 Å². The molecule has 0 radical (unpaired) electrons. The van der Waals surface area contributed by atoms with Gasteiger partial charge in [0.2, 0.25) is 5.91 Å². The predicted octanol–water partition coefficient (Wildman–Crippen LogP) is 4.60. The minimum atomic E-state index is -0.222. The number of carbonyl (C=O) groups is 2. The lowest BCUT2D eigenvalue weighted by atomic mass is 10.1. The monoisotopic (exact) mass is 413 g/mol. The summed E-state index contributed by atoms with van der Waals surface area (Å²) in [4.78, 5) is 28.9. The average molecular weight is 414 g/mol. The van der Waals surface area contributed by atoms with Crippen LogP contribution < -0.4 is 10.2 Å². The summed E-state index contributed by atoms with van der Waals surface area (Å²) >= 11 is 6.18. The Morgan fingerprint density at radius 1 is 1.03 bits per heavy atom. The van der Waals surface area contributed by atoms with Crippen molar-refractivity contribution in [1.29, 1.82) is 0 Å². The first-order valence-corrected chi connectivity index (χ1v) is 10.4. The van der Waals surface area contributed by atoms with E-state index in [0.717, 1.165) is 43.1 Å². The summed E-state index contributed by atoms with van der Waals surface area (Å²) in [7, 11) is 0. The van der Waals surface area contributed by atoms with Crippen LogP contribution in [0.3, 0.4) is 0 Å². The van der Waals surface area contributed by atoms with Gasteiger partial charge in [0.15, 0.2) is 0 Å². The van der Waals surface area contributed by atoms with Crippen LogP contribution in [0.15, 0.2) is 42.5 Å². The molecule has 0 aliphatic carbocycles. The van der Waals surface area contributed by atoms with Gasteiger partial charge in [0.1, 0.15) is 0 Å². The van der Waals surface area contributed by atoms with Gasteiger partial charge in [0, 0.05) is 44.0 Å². The summed E-state index contributed by atoms with van der Waals surface area (Å²) in [5, 5.41) is 3.34. The van der Waals surface area contributed by atoms with E-state index < -0.39 is 0 Å². The number of aryl methyl sites for hydroxylation is 1. The minimum absolute atomic E-state index is 0.222. The van der Waals surface area contributed by atoms with E-state index >= 15 is 0 Å². The van der Waals surface area contributed by atoms with Crippen LogP contribution in [0.4, 0.5) is 11.4 Å². The Morgan fingerprint density at radius 3 is 2.28 bits per heavy atom. The third-order valence-corrected chi connectivity index (χ3v) is 5.39. The third kappa shape index (κ3) is 5.51. The zero-order chi connectivity index (χ0) is 21.0. The van der Waals surface area contributed by atoms with Gasteiger partial charge >= 0.3 is 0 Å². The SMILES string of the molecule is Cc1ccc(C(=O)Nc2ccc(N3CCN(C(=O)CC(C)C)CC3)cc2)c(Cl)c1. The number of hydrogen-bond donors (Lipinski definition) is 1. The van der Waals surface area contributed by atoms with E-state index in [1.54, 1.807) is 12.1 Å². The molecule has 6 heteroatoms. The molecule has 2 aromatic carbocycles. The molecule has 1 aliphatic heterocycles. The van der Waals surface area contributed by atoms with Crippen LogP contribution in [0.2, 0.25) is 5.02 Å². The van der Waals surface area contributed by atoms with E-state index in [1.807, 2.05) is 42.2 Å². The zero-order valence-corrected chi connectivity index (χ0v) is 18.0. The Kier molecular flexibility index (Phi) is 6.80. The lowest BCUT2D eigenvalue weighted by Crippen LogP contribution is -2.49. The quantitative estimate of drug-likeness (QED) is 0.779. The van der Waals surface area contributed by atoms with Crippen molar-refractivity contribution in [3.8, 4) is 0 Å². The van der Waals surface area contributed by atoms with E-state index in [1.165, 1.54) is 0 Å². The fourth-order valence-electron chi connectivity index (χ4n) is 3.45. The Morgan fingerprint density at radius 2 is 1.69 bits per heavy atom. The van der Waals surface area contributed by atoms with Gasteiger partial charge in [-0.3, -0.25) is 9.59 Å². The second kappa shape index (κ2) is 9.31. The highest BCUT2D eigenvalue weighted by Gasteiger charge is 2.21. The predicted molar refractivity (Wildman–Crippen MR) is 119 cm³/mol. The van der Waals surface area contributed by atoms with Gasteiger partial charge in [-0.05, 0) is 54.8 Å². The van der Waals surface area contributed by atoms with Crippen LogP contribution in [0.5, 0.6) is 0 Å². The highest BCUT2D eigenvalue weighted by molar-refractivity contribution is 6.34. The van der Waals surface area contributed by atoms with Crippen molar-refractivity contribution in [2.75, 3.05) is 36.4 Å². The number of nitrogens with one attached hydrogen (secondary N) is 1. The Hall–Kier alpha value is -2.53. The highest BCUT2D eigenvalue weighted by Crippen LogP contribution is 2.22. The molecule has 0 aromatic heterocycles. The number of rotatable bonds is 5. The standard InChI is InChI=1S/C23H28ClN3O2/c1-16(2)14-22(28)27-12-10-26(11-13-27)19-7-5-18(6-8-19)25-23(29)20-9-4-17(3)15-21(20)24/h4-9,15-16H,10-14H2,1-3H3,(H,25,29). The molecule has 0 saturated carbocycles. The van der Waals surface area contributed by atoms with Crippen molar-refractivity contribution in [2.24, 2.45) is 5.92 Å². The number of hydrogen-bond acceptors (Lipinski definition) is 3. The van der Waals surface area contributed by atoms with Crippen LogP contribution in [0, 0.1) is 12.8 Å². The molecule has 2 amide bonds. The van der Waals surface area contributed by atoms with Crippen LogP contribution >= 0.6 is 11.6 Å². The van der Waals surface area contributed by atoms with Crippen molar-refractivity contribution in [1.82, 2.24) is 4.90 Å². The van der Waals surface area contributed by atoms with Gasteiger partial charge in [-0.1, -0.05) is 31.5 Å². The fraction of sp³-hybridized carbons (Fsp3) is 0.391. The van der Waals surface area contributed by atoms with Gasteiger partial charge in [-0.15, -0.1) is 0 Å². The summed E-state index contributed by atoms with van der Waals surface area (Å²) in [5.74, 6) is 0.408.